The van der Waals surface area contributed by atoms with Gasteiger partial charge in [-0.15, -0.1) is 0 Å². The number of esters is 1. The largest absolute Gasteiger partial charge is 0.480 e. The number of carboxylic acids is 1. The minimum Gasteiger partial charge on any atom is -0.480 e. The Kier molecular flexibility index (Phi) is 35.7. The Labute approximate surface area is 301 Å². The van der Waals surface area contributed by atoms with Gasteiger partial charge in [0.05, 0.1) is 0 Å². The lowest BCUT2D eigenvalue weighted by molar-refractivity contribution is -0.147. The molecule has 280 valence electrons. The van der Waals surface area contributed by atoms with Crippen LogP contribution in [0.4, 0.5) is 0 Å². The molecular formula is C43H73NO5. The van der Waals surface area contributed by atoms with Gasteiger partial charge >= 0.3 is 11.9 Å². The summed E-state index contributed by atoms with van der Waals surface area (Å²) in [4.78, 5) is 34.8. The molecule has 0 aliphatic rings. The molecule has 0 aromatic heterocycles. The summed E-state index contributed by atoms with van der Waals surface area (Å²) < 4.78 is 5.90. The zero-order valence-corrected chi connectivity index (χ0v) is 31.5. The lowest BCUT2D eigenvalue weighted by atomic mass is 10.1. The Hall–Kier alpha value is -2.89. The van der Waals surface area contributed by atoms with Gasteiger partial charge in [-0.3, -0.25) is 14.4 Å². The summed E-state index contributed by atoms with van der Waals surface area (Å²) in [6.45, 7) is 4.07. The zero-order valence-electron chi connectivity index (χ0n) is 31.5. The van der Waals surface area contributed by atoms with Gasteiger partial charge in [-0.2, -0.15) is 0 Å². The lowest BCUT2D eigenvalue weighted by Crippen LogP contribution is -2.28. The Morgan fingerprint density at radius 3 is 1.65 bits per heavy atom. The van der Waals surface area contributed by atoms with Crippen LogP contribution in [0.2, 0.25) is 0 Å². The van der Waals surface area contributed by atoms with Crippen molar-refractivity contribution in [2.24, 2.45) is 0 Å². The Morgan fingerprint density at radius 2 is 1.06 bits per heavy atom. The highest BCUT2D eigenvalue weighted by atomic mass is 16.5. The van der Waals surface area contributed by atoms with Crippen molar-refractivity contribution in [3.63, 3.8) is 0 Å². The molecule has 0 spiro atoms. The predicted molar refractivity (Wildman–Crippen MR) is 208 cm³/mol. The molecule has 2 N–H and O–H groups in total. The molecule has 0 aromatic rings. The van der Waals surface area contributed by atoms with Crippen molar-refractivity contribution in [2.45, 2.75) is 187 Å². The van der Waals surface area contributed by atoms with Crippen LogP contribution in [0.25, 0.3) is 0 Å². The normalized spacial score (nSPS) is 12.7. The number of carbonyl (C=O) groups excluding carboxylic acids is 2. The van der Waals surface area contributed by atoms with E-state index in [-0.39, 0.29) is 24.5 Å². The fraction of sp³-hybridized carbons (Fsp3) is 0.698. The SMILES string of the molecule is CC/C=C\C/C=C\C/C=C\C(CCCCCCCCC(=O)NCC(=O)O)OC(=O)CCCCCCCCC/C=C\C/C=C\CCCCCC. The number of amides is 1. The molecule has 0 fully saturated rings. The maximum atomic E-state index is 12.7. The van der Waals surface area contributed by atoms with Crippen LogP contribution in [-0.4, -0.2) is 35.6 Å². The highest BCUT2D eigenvalue weighted by molar-refractivity contribution is 5.80. The molecule has 0 heterocycles. The molecule has 0 aromatic carbocycles. The van der Waals surface area contributed by atoms with Crippen molar-refractivity contribution < 1.29 is 24.2 Å². The van der Waals surface area contributed by atoms with Crippen LogP contribution >= 0.6 is 0 Å². The first-order valence-electron chi connectivity index (χ1n) is 19.9. The molecule has 0 aliphatic heterocycles. The molecule has 0 saturated heterocycles. The number of aliphatic carboxylic acids is 1. The summed E-state index contributed by atoms with van der Waals surface area (Å²) >= 11 is 0. The summed E-state index contributed by atoms with van der Waals surface area (Å²) in [5, 5.41) is 11.0. The minimum atomic E-state index is -1.02. The van der Waals surface area contributed by atoms with E-state index >= 15 is 0 Å². The second-order valence-electron chi connectivity index (χ2n) is 13.2. The average Bonchev–Trinajstić information content (AvgIpc) is 3.08. The summed E-state index contributed by atoms with van der Waals surface area (Å²) in [6, 6.07) is 0. The van der Waals surface area contributed by atoms with Crippen molar-refractivity contribution in [1.29, 1.82) is 0 Å². The molecule has 0 rings (SSSR count). The van der Waals surface area contributed by atoms with E-state index in [9.17, 15) is 14.4 Å². The average molecular weight is 684 g/mol. The van der Waals surface area contributed by atoms with Gasteiger partial charge in [0.25, 0.3) is 0 Å². The zero-order chi connectivity index (χ0) is 35.9. The van der Waals surface area contributed by atoms with E-state index in [1.165, 1.54) is 70.6 Å². The van der Waals surface area contributed by atoms with Gasteiger partial charge in [-0.1, -0.05) is 146 Å². The Balaban J connectivity index is 4.15. The molecule has 6 nitrogen and oxygen atoms in total. The number of ether oxygens (including phenoxy) is 1. The van der Waals surface area contributed by atoms with Gasteiger partial charge in [-0.05, 0) is 83.1 Å². The molecule has 0 saturated carbocycles. The number of hydrogen-bond donors (Lipinski definition) is 2. The predicted octanol–water partition coefficient (Wildman–Crippen LogP) is 12.1. The molecule has 0 radical (unpaired) electrons. The molecule has 1 amide bonds. The maximum Gasteiger partial charge on any atom is 0.322 e. The Morgan fingerprint density at radius 1 is 0.571 bits per heavy atom. The third-order valence-electron chi connectivity index (χ3n) is 8.41. The highest BCUT2D eigenvalue weighted by Crippen LogP contribution is 2.15. The quantitative estimate of drug-likeness (QED) is 0.0394. The number of allylic oxidation sites excluding steroid dienone is 9. The van der Waals surface area contributed by atoms with Crippen LogP contribution in [0.1, 0.15) is 181 Å². The minimum absolute atomic E-state index is 0.0887. The Bertz CT molecular complexity index is 933. The van der Waals surface area contributed by atoms with Crippen molar-refractivity contribution in [3.8, 4) is 0 Å². The summed E-state index contributed by atoms with van der Waals surface area (Å²) in [5.41, 5.74) is 0. The third-order valence-corrected chi connectivity index (χ3v) is 8.41. The van der Waals surface area contributed by atoms with E-state index in [2.05, 4.69) is 79.9 Å². The second kappa shape index (κ2) is 37.9. The first kappa shape index (κ1) is 46.1. The van der Waals surface area contributed by atoms with Crippen LogP contribution < -0.4 is 5.32 Å². The van der Waals surface area contributed by atoms with E-state index < -0.39 is 5.97 Å². The van der Waals surface area contributed by atoms with E-state index in [1.54, 1.807) is 0 Å². The van der Waals surface area contributed by atoms with Gasteiger partial charge in [0.2, 0.25) is 5.91 Å². The summed E-state index contributed by atoms with van der Waals surface area (Å²) in [7, 11) is 0. The van der Waals surface area contributed by atoms with Crippen LogP contribution in [0.5, 0.6) is 0 Å². The van der Waals surface area contributed by atoms with Crippen molar-refractivity contribution in [3.05, 3.63) is 60.8 Å². The van der Waals surface area contributed by atoms with Crippen molar-refractivity contribution in [1.82, 2.24) is 5.32 Å². The van der Waals surface area contributed by atoms with Crippen molar-refractivity contribution >= 4 is 17.8 Å². The van der Waals surface area contributed by atoms with E-state index in [0.717, 1.165) is 83.5 Å². The standard InChI is InChI=1S/C43H73NO5/c1-3-5-7-9-11-13-14-15-16-17-18-19-20-21-22-24-30-34-38-43(48)49-40(35-31-27-23-12-10-8-6-4-2)36-32-28-25-26-29-33-37-41(45)44-39-42(46)47/h6,8,12-14,16-17,23,31,35,40H,3-5,7,9-11,15,18-22,24-30,32-34,36-39H2,1-2H3,(H,44,45)(H,46,47)/b8-6-,14-13-,17-16-,23-12-,35-31-. The van der Waals surface area contributed by atoms with Gasteiger partial charge in [0.15, 0.2) is 0 Å². The fourth-order valence-corrected chi connectivity index (χ4v) is 5.48. The monoisotopic (exact) mass is 684 g/mol. The van der Waals surface area contributed by atoms with Crippen LogP contribution in [0.15, 0.2) is 60.8 Å². The van der Waals surface area contributed by atoms with Crippen LogP contribution in [-0.2, 0) is 19.1 Å². The van der Waals surface area contributed by atoms with Gasteiger partial charge in [0.1, 0.15) is 12.6 Å². The molecule has 0 bridgehead atoms. The lowest BCUT2D eigenvalue weighted by Gasteiger charge is -2.14. The number of carboxylic acid groups (broad SMARTS) is 1. The molecule has 0 aliphatic carbocycles. The number of unbranched alkanes of at least 4 members (excludes halogenated alkanes) is 16. The first-order chi connectivity index (χ1) is 24.0. The molecule has 1 atom stereocenters. The molecule has 6 heteroatoms. The summed E-state index contributed by atoms with van der Waals surface area (Å²) in [6.07, 6.45) is 49.3. The van der Waals surface area contributed by atoms with Gasteiger partial charge in [-0.25, -0.2) is 0 Å². The maximum absolute atomic E-state index is 12.7. The van der Waals surface area contributed by atoms with Crippen LogP contribution in [0, 0.1) is 0 Å². The topological polar surface area (TPSA) is 92.7 Å². The first-order valence-corrected chi connectivity index (χ1v) is 19.9. The molecular weight excluding hydrogens is 610 g/mol. The second-order valence-corrected chi connectivity index (χ2v) is 13.2. The van der Waals surface area contributed by atoms with Crippen molar-refractivity contribution in [2.75, 3.05) is 6.54 Å². The van der Waals surface area contributed by atoms with Gasteiger partial charge < -0.3 is 15.2 Å². The third kappa shape index (κ3) is 37.8. The highest BCUT2D eigenvalue weighted by Gasteiger charge is 2.11. The number of rotatable bonds is 35. The fourth-order valence-electron chi connectivity index (χ4n) is 5.48. The van der Waals surface area contributed by atoms with E-state index in [1.807, 2.05) is 0 Å². The van der Waals surface area contributed by atoms with Gasteiger partial charge in [0, 0.05) is 12.8 Å². The number of carbonyl (C=O) groups is 3. The van der Waals surface area contributed by atoms with E-state index in [0.29, 0.717) is 12.8 Å². The number of hydrogen-bond acceptors (Lipinski definition) is 4. The number of nitrogens with one attached hydrogen (secondary N) is 1. The van der Waals surface area contributed by atoms with E-state index in [4.69, 9.17) is 9.84 Å². The van der Waals surface area contributed by atoms with Crippen LogP contribution in [0.3, 0.4) is 0 Å². The molecule has 49 heavy (non-hydrogen) atoms. The summed E-state index contributed by atoms with van der Waals surface area (Å²) in [5.74, 6) is -1.31. The smallest absolute Gasteiger partial charge is 0.322 e. The molecule has 1 unspecified atom stereocenters.